The number of anilines is 2. The van der Waals surface area contributed by atoms with Crippen molar-refractivity contribution in [2.24, 2.45) is 0 Å². The van der Waals surface area contributed by atoms with Gasteiger partial charge < -0.3 is 15.1 Å². The van der Waals surface area contributed by atoms with Crippen LogP contribution in [0.3, 0.4) is 0 Å². The highest BCUT2D eigenvalue weighted by Crippen LogP contribution is 2.17. The predicted molar refractivity (Wildman–Crippen MR) is 95.4 cm³/mol. The van der Waals surface area contributed by atoms with Crippen LogP contribution in [-0.4, -0.2) is 53.5 Å². The van der Waals surface area contributed by atoms with Gasteiger partial charge in [0.15, 0.2) is 0 Å². The second kappa shape index (κ2) is 7.97. The van der Waals surface area contributed by atoms with Gasteiger partial charge in [-0.2, -0.15) is 0 Å². The summed E-state index contributed by atoms with van der Waals surface area (Å²) in [7, 11) is 0. The van der Waals surface area contributed by atoms with Crippen molar-refractivity contribution < 1.29 is 4.79 Å². The van der Waals surface area contributed by atoms with E-state index in [-0.39, 0.29) is 5.91 Å². The van der Waals surface area contributed by atoms with Crippen LogP contribution in [0.5, 0.6) is 0 Å². The van der Waals surface area contributed by atoms with E-state index < -0.39 is 0 Å². The van der Waals surface area contributed by atoms with Crippen molar-refractivity contribution in [3.8, 4) is 0 Å². The molecule has 1 fully saturated rings. The molecule has 1 aliphatic heterocycles. The van der Waals surface area contributed by atoms with Gasteiger partial charge in [0.05, 0.1) is 6.20 Å². The second-order valence-corrected chi connectivity index (χ2v) is 6.01. The third-order valence-corrected chi connectivity index (χ3v) is 4.33. The fourth-order valence-electron chi connectivity index (χ4n) is 2.74. The van der Waals surface area contributed by atoms with Crippen molar-refractivity contribution in [3.63, 3.8) is 0 Å². The van der Waals surface area contributed by atoms with Crippen LogP contribution in [0.4, 0.5) is 11.5 Å². The van der Waals surface area contributed by atoms with Crippen LogP contribution in [0.2, 0.25) is 5.02 Å². The Balaban J connectivity index is 1.43. The molecule has 1 aromatic heterocycles. The van der Waals surface area contributed by atoms with Crippen molar-refractivity contribution in [2.75, 3.05) is 42.9 Å². The van der Waals surface area contributed by atoms with Crippen molar-refractivity contribution in [2.45, 2.75) is 6.42 Å². The van der Waals surface area contributed by atoms with Crippen LogP contribution in [0.1, 0.15) is 6.42 Å². The minimum absolute atomic E-state index is 0.153. The zero-order valence-electron chi connectivity index (χ0n) is 13.4. The van der Waals surface area contributed by atoms with Crippen LogP contribution < -0.4 is 10.2 Å². The summed E-state index contributed by atoms with van der Waals surface area (Å²) >= 11 is 5.97. The fraction of sp³-hybridized carbons (Fsp3) is 0.353. The van der Waals surface area contributed by atoms with Gasteiger partial charge in [0, 0.05) is 44.8 Å². The number of carbonyl (C=O) groups is 1. The van der Waals surface area contributed by atoms with E-state index in [0.717, 1.165) is 26.2 Å². The van der Waals surface area contributed by atoms with E-state index in [1.807, 2.05) is 23.1 Å². The molecular formula is C17H20ClN5O. The number of nitrogens with zero attached hydrogens (tertiary/aromatic N) is 4. The first kappa shape index (κ1) is 16.5. The molecule has 0 saturated carbocycles. The Morgan fingerprint density at radius 1 is 1.17 bits per heavy atom. The highest BCUT2D eigenvalue weighted by atomic mass is 35.5. The van der Waals surface area contributed by atoms with E-state index in [2.05, 4.69) is 32.3 Å². The Hall–Kier alpha value is -2.34. The average molecular weight is 346 g/mol. The third kappa shape index (κ3) is 4.14. The fourth-order valence-corrected chi connectivity index (χ4v) is 2.91. The van der Waals surface area contributed by atoms with Gasteiger partial charge in [-0.3, -0.25) is 4.79 Å². The van der Waals surface area contributed by atoms with E-state index in [1.165, 1.54) is 18.2 Å². The summed E-state index contributed by atoms with van der Waals surface area (Å²) in [5.41, 5.74) is 1.21. The Labute approximate surface area is 146 Å². The smallest absolute Gasteiger partial charge is 0.224 e. The Bertz CT molecular complexity index is 674. The molecular weight excluding hydrogens is 326 g/mol. The SMILES string of the molecule is O=C(CCNc1ncncc1Cl)N1CCN(c2ccccc2)CC1. The molecule has 0 atom stereocenters. The lowest BCUT2D eigenvalue weighted by Crippen LogP contribution is -2.49. The van der Waals surface area contributed by atoms with E-state index >= 15 is 0 Å². The van der Waals surface area contributed by atoms with Gasteiger partial charge in [-0.25, -0.2) is 9.97 Å². The van der Waals surface area contributed by atoms with Crippen LogP contribution >= 0.6 is 11.6 Å². The maximum absolute atomic E-state index is 12.3. The molecule has 2 aromatic rings. The van der Waals surface area contributed by atoms with Crippen LogP contribution in [0, 0.1) is 0 Å². The Morgan fingerprint density at radius 2 is 1.92 bits per heavy atom. The van der Waals surface area contributed by atoms with Gasteiger partial charge in [0.25, 0.3) is 0 Å². The van der Waals surface area contributed by atoms with Crippen molar-refractivity contribution in [1.29, 1.82) is 0 Å². The van der Waals surface area contributed by atoms with Gasteiger partial charge in [-0.05, 0) is 12.1 Å². The first-order valence-electron chi connectivity index (χ1n) is 8.01. The van der Waals surface area contributed by atoms with Crippen molar-refractivity contribution in [3.05, 3.63) is 47.9 Å². The minimum atomic E-state index is 0.153. The number of benzene rings is 1. The second-order valence-electron chi connectivity index (χ2n) is 5.60. The zero-order valence-corrected chi connectivity index (χ0v) is 14.1. The highest BCUT2D eigenvalue weighted by Gasteiger charge is 2.20. The molecule has 0 aliphatic carbocycles. The van der Waals surface area contributed by atoms with Crippen LogP contribution in [0.25, 0.3) is 0 Å². The molecule has 2 heterocycles. The Kier molecular flexibility index (Phi) is 5.48. The van der Waals surface area contributed by atoms with E-state index in [4.69, 9.17) is 11.6 Å². The number of piperazine rings is 1. The Morgan fingerprint density at radius 3 is 2.62 bits per heavy atom. The average Bonchev–Trinajstić information content (AvgIpc) is 2.64. The van der Waals surface area contributed by atoms with Crippen LogP contribution in [-0.2, 0) is 4.79 Å². The first-order valence-corrected chi connectivity index (χ1v) is 8.39. The first-order chi connectivity index (χ1) is 11.7. The lowest BCUT2D eigenvalue weighted by Gasteiger charge is -2.36. The zero-order chi connectivity index (χ0) is 16.8. The molecule has 0 bridgehead atoms. The van der Waals surface area contributed by atoms with Gasteiger partial charge >= 0.3 is 0 Å². The van der Waals surface area contributed by atoms with E-state index in [9.17, 15) is 4.79 Å². The number of amides is 1. The lowest BCUT2D eigenvalue weighted by molar-refractivity contribution is -0.131. The molecule has 3 rings (SSSR count). The molecule has 1 aliphatic rings. The maximum atomic E-state index is 12.3. The predicted octanol–water partition coefficient (Wildman–Crippen LogP) is 2.28. The molecule has 7 heteroatoms. The topological polar surface area (TPSA) is 61.4 Å². The summed E-state index contributed by atoms with van der Waals surface area (Å²) in [5.74, 6) is 0.716. The summed E-state index contributed by atoms with van der Waals surface area (Å²) in [6.07, 6.45) is 3.38. The minimum Gasteiger partial charge on any atom is -0.368 e. The molecule has 1 amide bonds. The van der Waals surface area contributed by atoms with Gasteiger partial charge in [0.1, 0.15) is 17.2 Å². The number of hydrogen-bond donors (Lipinski definition) is 1. The molecule has 1 saturated heterocycles. The monoisotopic (exact) mass is 345 g/mol. The largest absolute Gasteiger partial charge is 0.368 e. The number of nitrogens with one attached hydrogen (secondary N) is 1. The van der Waals surface area contributed by atoms with Gasteiger partial charge in [-0.1, -0.05) is 29.8 Å². The van der Waals surface area contributed by atoms with E-state index in [1.54, 1.807) is 0 Å². The standard InChI is InChI=1S/C17H20ClN5O/c18-15-12-19-13-21-17(15)20-7-6-16(24)23-10-8-22(9-11-23)14-4-2-1-3-5-14/h1-5,12-13H,6-11H2,(H,19,20,21). The third-order valence-electron chi connectivity index (χ3n) is 4.05. The summed E-state index contributed by atoms with van der Waals surface area (Å²) in [6, 6.07) is 10.3. The van der Waals surface area contributed by atoms with Crippen molar-refractivity contribution >= 4 is 29.0 Å². The summed E-state index contributed by atoms with van der Waals surface area (Å²) in [5, 5.41) is 3.54. The molecule has 24 heavy (non-hydrogen) atoms. The maximum Gasteiger partial charge on any atom is 0.224 e. The summed E-state index contributed by atoms with van der Waals surface area (Å²) in [6.45, 7) is 3.74. The normalized spacial score (nSPS) is 14.5. The van der Waals surface area contributed by atoms with Crippen molar-refractivity contribution in [1.82, 2.24) is 14.9 Å². The molecule has 0 radical (unpaired) electrons. The molecule has 1 aromatic carbocycles. The summed E-state index contributed by atoms with van der Waals surface area (Å²) in [4.78, 5) is 24.4. The highest BCUT2D eigenvalue weighted by molar-refractivity contribution is 6.32. The molecule has 1 N–H and O–H groups in total. The van der Waals surface area contributed by atoms with Gasteiger partial charge in [0.2, 0.25) is 5.91 Å². The van der Waals surface area contributed by atoms with Crippen LogP contribution in [0.15, 0.2) is 42.9 Å². The van der Waals surface area contributed by atoms with E-state index in [0.29, 0.717) is 23.8 Å². The molecule has 126 valence electrons. The molecule has 0 unspecified atom stereocenters. The lowest BCUT2D eigenvalue weighted by atomic mass is 10.2. The number of hydrogen-bond acceptors (Lipinski definition) is 5. The number of para-hydroxylation sites is 1. The van der Waals surface area contributed by atoms with Gasteiger partial charge in [-0.15, -0.1) is 0 Å². The molecule has 0 spiro atoms. The number of rotatable bonds is 5. The number of carbonyl (C=O) groups excluding carboxylic acids is 1. The molecule has 6 nitrogen and oxygen atoms in total. The number of halogens is 1. The summed E-state index contributed by atoms with van der Waals surface area (Å²) < 4.78 is 0. The number of aromatic nitrogens is 2. The quantitative estimate of drug-likeness (QED) is 0.900.